The molecule has 8 aromatic carbocycles. The van der Waals surface area contributed by atoms with E-state index in [1.54, 1.807) is 12.3 Å². The molecule has 0 spiro atoms. The van der Waals surface area contributed by atoms with Crippen LogP contribution in [-0.4, -0.2) is 18.5 Å². The number of pyridine rings is 1. The molecular formula is C59H43N4O2Pt-3. The first kappa shape index (κ1) is 37.8. The summed E-state index contributed by atoms with van der Waals surface area (Å²) in [6.07, 6.45) is 3.79. The van der Waals surface area contributed by atoms with Crippen LogP contribution in [0.4, 0.5) is 0 Å². The van der Waals surface area contributed by atoms with Crippen molar-refractivity contribution in [2.75, 3.05) is 0 Å². The molecule has 5 heterocycles. The summed E-state index contributed by atoms with van der Waals surface area (Å²) in [6.45, 7) is 4.11. The van der Waals surface area contributed by atoms with Crippen LogP contribution in [0.3, 0.4) is 0 Å². The Hall–Kier alpha value is -7.53. The number of aromatic nitrogens is 4. The maximum atomic E-state index is 8.83. The minimum absolute atomic E-state index is 0. The van der Waals surface area contributed by atoms with Crippen LogP contribution in [0.1, 0.15) is 36.0 Å². The van der Waals surface area contributed by atoms with Crippen LogP contribution < -0.4 is 0 Å². The van der Waals surface area contributed by atoms with Crippen LogP contribution in [0.15, 0.2) is 197 Å². The molecule has 0 radical (unpaired) electrons. The topological polar surface area (TPSA) is 53.4 Å². The first-order valence-electron chi connectivity index (χ1n) is 23.3. The van der Waals surface area contributed by atoms with Gasteiger partial charge < -0.3 is 22.4 Å². The van der Waals surface area contributed by atoms with Crippen LogP contribution in [0.5, 0.6) is 0 Å². The maximum absolute atomic E-state index is 8.83. The van der Waals surface area contributed by atoms with Gasteiger partial charge in [0.25, 0.3) is 0 Å². The molecule has 4 aromatic heterocycles. The number of imidazole rings is 1. The molecule has 0 amide bonds. The molecule has 0 saturated carbocycles. The van der Waals surface area contributed by atoms with Crippen molar-refractivity contribution in [2.24, 2.45) is 0 Å². The average Bonchev–Trinajstić information content (AvgIpc) is 3.89. The zero-order valence-electron chi connectivity index (χ0n) is 39.3. The van der Waals surface area contributed by atoms with Gasteiger partial charge in [-0.2, -0.15) is 24.3 Å². The zero-order valence-corrected chi connectivity index (χ0v) is 38.6. The van der Waals surface area contributed by atoms with Gasteiger partial charge in [0.15, 0.2) is 0 Å². The molecule has 0 unspecified atom stereocenters. The van der Waals surface area contributed by atoms with E-state index in [-0.39, 0.29) is 32.0 Å². The molecule has 12 bridgehead atoms. The third-order valence-corrected chi connectivity index (χ3v) is 12.4. The average molecular weight is 1040 g/mol. The van der Waals surface area contributed by atoms with Crippen molar-refractivity contribution >= 4 is 82.4 Å². The number of benzene rings is 8. The quantitative estimate of drug-likeness (QED) is 0.154. The molecule has 0 saturated heterocycles. The van der Waals surface area contributed by atoms with Crippen LogP contribution in [0.25, 0.3) is 105 Å². The van der Waals surface area contributed by atoms with Crippen molar-refractivity contribution in [1.82, 2.24) is 18.5 Å². The number of para-hydroxylation sites is 3. The Morgan fingerprint density at radius 1 is 0.591 bits per heavy atom. The van der Waals surface area contributed by atoms with Gasteiger partial charge in [-0.1, -0.05) is 135 Å². The fraction of sp³-hybridized carbons (Fsp3) is 0.0847. The normalized spacial score (nSPS) is 12.7. The van der Waals surface area contributed by atoms with Gasteiger partial charge in [-0.15, -0.1) is 29.1 Å². The van der Waals surface area contributed by atoms with Crippen LogP contribution >= 0.6 is 0 Å². The van der Waals surface area contributed by atoms with Gasteiger partial charge >= 0.3 is 0 Å². The van der Waals surface area contributed by atoms with Gasteiger partial charge in [-0.3, -0.25) is 0 Å². The van der Waals surface area contributed by atoms with Crippen molar-refractivity contribution in [2.45, 2.75) is 33.0 Å². The van der Waals surface area contributed by atoms with Gasteiger partial charge in [0.1, 0.15) is 16.8 Å². The van der Waals surface area contributed by atoms with Crippen molar-refractivity contribution in [3.63, 3.8) is 0 Å². The van der Waals surface area contributed by atoms with E-state index in [1.165, 1.54) is 5.56 Å². The van der Waals surface area contributed by atoms with Crippen LogP contribution in [0.2, 0.25) is 0 Å². The summed E-state index contributed by atoms with van der Waals surface area (Å²) >= 11 is 0. The van der Waals surface area contributed by atoms with Gasteiger partial charge in [0.2, 0.25) is 0 Å². The van der Waals surface area contributed by atoms with E-state index in [0.717, 1.165) is 60.6 Å². The Kier molecular flexibility index (Phi) is 9.26. The van der Waals surface area contributed by atoms with E-state index >= 15 is 0 Å². The Morgan fingerprint density at radius 2 is 1.30 bits per heavy atom. The van der Waals surface area contributed by atoms with E-state index in [4.69, 9.17) is 17.9 Å². The largest absolute Gasteiger partial charge is 0.510 e. The summed E-state index contributed by atoms with van der Waals surface area (Å²) in [6, 6.07) is 66.0. The summed E-state index contributed by atoms with van der Waals surface area (Å²) in [4.78, 5) is 5.01. The molecule has 1 aliphatic heterocycles. The molecule has 12 aromatic rings. The second-order valence-corrected chi connectivity index (χ2v) is 17.6. The monoisotopic (exact) mass is 1040 g/mol. The van der Waals surface area contributed by atoms with E-state index in [1.807, 2.05) is 77.2 Å². The number of aryl methyl sites for hydroxylation is 1. The predicted octanol–water partition coefficient (Wildman–Crippen LogP) is 15.6. The standard InChI is InChI=1S/C59H43N4O2.Pt/c1-38-30-57-60-36-52(38)41-17-11-20-45(32-41)64-44-19-10-16-40(31-44)49-23-13-22-48(39-14-6-5-7-15-39)58(49)62-37-61(54-24-8-9-25-55(54)62)43-18-12-21-46(34-43)65-47-27-28-50-51-33-42(59(2,3)4)26-29-53(51)63(57)56(50)35-47;/h5-33,36-37H,1-4H3;/q-3;/i1D3;. The molecule has 0 aliphatic carbocycles. The minimum atomic E-state index is -2.48. The third-order valence-electron chi connectivity index (χ3n) is 12.4. The molecular weight excluding hydrogens is 992 g/mol. The van der Waals surface area contributed by atoms with Crippen molar-refractivity contribution in [1.29, 1.82) is 0 Å². The number of hydrogen-bond acceptors (Lipinski definition) is 3. The second kappa shape index (κ2) is 16.2. The Labute approximate surface area is 400 Å². The molecule has 0 atom stereocenters. The van der Waals surface area contributed by atoms with Crippen LogP contribution in [0, 0.1) is 19.0 Å². The molecule has 13 rings (SSSR count). The number of hydrogen-bond donors (Lipinski definition) is 0. The van der Waals surface area contributed by atoms with E-state index < -0.39 is 6.85 Å². The smallest absolute Gasteiger partial charge is 0.135 e. The molecule has 66 heavy (non-hydrogen) atoms. The van der Waals surface area contributed by atoms with Gasteiger partial charge in [-0.05, 0) is 109 Å². The van der Waals surface area contributed by atoms with Crippen molar-refractivity contribution < 1.29 is 34.0 Å². The van der Waals surface area contributed by atoms with E-state index in [2.05, 4.69) is 145 Å². The first-order valence-corrected chi connectivity index (χ1v) is 21.8. The minimum Gasteiger partial charge on any atom is -0.510 e. The number of fused-ring (bicyclic) bond motifs is 5. The molecule has 1 aliphatic rings. The zero-order chi connectivity index (χ0) is 46.3. The maximum Gasteiger partial charge on any atom is 0.135 e. The van der Waals surface area contributed by atoms with Crippen molar-refractivity contribution in [3.05, 3.63) is 212 Å². The molecule has 7 heteroatoms. The van der Waals surface area contributed by atoms with Gasteiger partial charge in [0.05, 0.1) is 0 Å². The summed E-state index contributed by atoms with van der Waals surface area (Å²) in [5.74, 6) is 0. The van der Waals surface area contributed by atoms with Crippen LogP contribution in [-0.2, 0) is 26.5 Å². The van der Waals surface area contributed by atoms with Gasteiger partial charge in [0, 0.05) is 59.8 Å². The fourth-order valence-corrected chi connectivity index (χ4v) is 9.20. The molecule has 324 valence electrons. The second-order valence-electron chi connectivity index (χ2n) is 17.6. The van der Waals surface area contributed by atoms with Crippen molar-refractivity contribution in [3.8, 4) is 22.5 Å². The Morgan fingerprint density at radius 3 is 2.08 bits per heavy atom. The number of nitrogens with zero attached hydrogens (tertiary/aromatic N) is 4. The fourth-order valence-electron chi connectivity index (χ4n) is 9.20. The summed E-state index contributed by atoms with van der Waals surface area (Å²) < 4.78 is 46.2. The summed E-state index contributed by atoms with van der Waals surface area (Å²) in [5.41, 5.74) is 11.3. The Balaban J connectivity index is 0.00000520. The van der Waals surface area contributed by atoms with E-state index in [0.29, 0.717) is 44.3 Å². The summed E-state index contributed by atoms with van der Waals surface area (Å²) in [7, 11) is 0. The molecule has 0 N–H and O–H groups in total. The molecule has 0 fully saturated rings. The van der Waals surface area contributed by atoms with Gasteiger partial charge in [-0.25, -0.2) is 4.98 Å². The third kappa shape index (κ3) is 7.10. The van der Waals surface area contributed by atoms with E-state index in [9.17, 15) is 0 Å². The number of rotatable bonds is 1. The Bertz CT molecular complexity index is 4140. The molecule has 6 nitrogen and oxygen atoms in total. The SMILES string of the molecule is [2H]C([2H])([2H])c1cc2ncc1c1cccc(c1)oc1cccc(c1)c1cccc(-c3ccccc3)c1n1[cH-]n(c3[c-]c(ccc3)oc3[c-]c4c(cc3)c3cc(C(C)(C)C)ccc3n24)-c2ccccc2-1.[Pt]. The first-order chi connectivity index (χ1) is 32.9. The summed E-state index contributed by atoms with van der Waals surface area (Å²) in [5, 5.41) is 5.05. The predicted molar refractivity (Wildman–Crippen MR) is 267 cm³/mol.